The third-order valence-corrected chi connectivity index (χ3v) is 5.86. The third-order valence-electron chi connectivity index (χ3n) is 4.63. The molecule has 0 bridgehead atoms. The van der Waals surface area contributed by atoms with E-state index in [1.165, 1.54) is 0 Å². The summed E-state index contributed by atoms with van der Waals surface area (Å²) in [6, 6.07) is 6.78. The second-order valence-corrected chi connectivity index (χ2v) is 8.91. The molecule has 1 amide bonds. The van der Waals surface area contributed by atoms with Crippen LogP contribution in [0.25, 0.3) is 0 Å². The first-order valence-corrected chi connectivity index (χ1v) is 11.4. The lowest BCUT2D eigenvalue weighted by Crippen LogP contribution is -2.42. The molecule has 0 saturated carbocycles. The van der Waals surface area contributed by atoms with Crippen LogP contribution in [0.3, 0.4) is 0 Å². The zero-order chi connectivity index (χ0) is 23.3. The summed E-state index contributed by atoms with van der Waals surface area (Å²) in [6.07, 6.45) is -0.921. The minimum atomic E-state index is -1.28. The molecule has 1 aliphatic heterocycles. The molecule has 1 saturated heterocycles. The molecule has 174 valence electrons. The number of ether oxygens (including phenoxy) is 1. The Morgan fingerprint density at radius 2 is 2.03 bits per heavy atom. The van der Waals surface area contributed by atoms with Crippen LogP contribution in [-0.4, -0.2) is 66.1 Å². The number of amides is 1. The predicted octanol–water partition coefficient (Wildman–Crippen LogP) is 4.19. The molecular formula is C20H20Cl2F2IN3O4. The molecule has 2 N–H and O–H groups in total. The number of β-amino-alcohol motifs (C(OH)–C–C–N with tert-alkyl or cyclic N) is 1. The third kappa shape index (κ3) is 6.62. The Morgan fingerprint density at radius 1 is 1.31 bits per heavy atom. The van der Waals surface area contributed by atoms with E-state index in [4.69, 9.17) is 33.0 Å². The number of anilines is 2. The number of halogens is 5. The lowest BCUT2D eigenvalue weighted by atomic mass is 10.1. The topological polar surface area (TPSA) is 74.3 Å². The monoisotopic (exact) mass is 601 g/mol. The van der Waals surface area contributed by atoms with Gasteiger partial charge in [0.15, 0.2) is 11.6 Å². The highest BCUT2D eigenvalue weighted by atomic mass is 127. The number of morpholine rings is 1. The molecule has 12 heteroatoms. The van der Waals surface area contributed by atoms with Gasteiger partial charge >= 0.3 is 0 Å². The summed E-state index contributed by atoms with van der Waals surface area (Å²) in [5.41, 5.74) is -0.453. The van der Waals surface area contributed by atoms with Crippen molar-refractivity contribution >= 4 is 63.3 Å². The van der Waals surface area contributed by atoms with Crippen molar-refractivity contribution in [1.82, 2.24) is 9.48 Å². The second kappa shape index (κ2) is 11.7. The molecule has 7 nitrogen and oxygen atoms in total. The standard InChI is InChI=1S/C20H20Cl2F2IN3O4/c21-15-9-12(25)1-4-17(15)26-19-14(2-3-16(23)18(19)24)20(30)28(22)32-11-13(29)10-27-5-7-31-8-6-27/h1-4,9,13,26,29H,5-8,10-11H2. The van der Waals surface area contributed by atoms with E-state index in [1.807, 2.05) is 4.90 Å². The van der Waals surface area contributed by atoms with E-state index in [-0.39, 0.29) is 22.9 Å². The number of nitrogens with zero attached hydrogens (tertiary/aromatic N) is 2. The highest BCUT2D eigenvalue weighted by molar-refractivity contribution is 14.1. The normalized spacial score (nSPS) is 15.4. The van der Waals surface area contributed by atoms with Crippen molar-refractivity contribution in [2.45, 2.75) is 6.10 Å². The molecule has 0 spiro atoms. The van der Waals surface area contributed by atoms with Crippen LogP contribution in [0, 0.1) is 15.2 Å². The summed E-state index contributed by atoms with van der Waals surface area (Å²) in [5.74, 6) is -3.38. The minimum absolute atomic E-state index is 0.254. The summed E-state index contributed by atoms with van der Waals surface area (Å²) < 4.78 is 34.9. The molecular weight excluding hydrogens is 582 g/mol. The summed E-state index contributed by atoms with van der Waals surface area (Å²) in [5, 5.41) is 13.1. The van der Waals surface area contributed by atoms with Crippen LogP contribution < -0.4 is 5.32 Å². The highest BCUT2D eigenvalue weighted by Crippen LogP contribution is 2.32. The van der Waals surface area contributed by atoms with Gasteiger partial charge < -0.3 is 15.2 Å². The van der Waals surface area contributed by atoms with Crippen molar-refractivity contribution in [3.05, 3.63) is 56.1 Å². The number of carbonyl (C=O) groups is 1. The van der Waals surface area contributed by atoms with Crippen LogP contribution >= 0.6 is 46.0 Å². The molecule has 0 aliphatic carbocycles. The zero-order valence-electron chi connectivity index (χ0n) is 16.7. The average Bonchev–Trinajstić information content (AvgIpc) is 2.77. The zero-order valence-corrected chi connectivity index (χ0v) is 20.3. The maximum Gasteiger partial charge on any atom is 0.295 e. The van der Waals surface area contributed by atoms with Gasteiger partial charge in [-0.25, -0.2) is 8.78 Å². The Morgan fingerprint density at radius 3 is 2.72 bits per heavy atom. The Labute approximate surface area is 207 Å². The molecule has 1 heterocycles. The van der Waals surface area contributed by atoms with E-state index in [1.54, 1.807) is 18.2 Å². The van der Waals surface area contributed by atoms with Crippen molar-refractivity contribution in [3.8, 4) is 0 Å². The molecule has 2 aromatic rings. The molecule has 32 heavy (non-hydrogen) atoms. The van der Waals surface area contributed by atoms with Gasteiger partial charge in [-0.2, -0.15) is 0 Å². The molecule has 0 radical (unpaired) electrons. The quantitative estimate of drug-likeness (QED) is 0.269. The van der Waals surface area contributed by atoms with Crippen LogP contribution in [0.4, 0.5) is 20.2 Å². The van der Waals surface area contributed by atoms with Gasteiger partial charge in [0.05, 0.1) is 41.3 Å². The lowest BCUT2D eigenvalue weighted by molar-refractivity contribution is -0.0976. The lowest BCUT2D eigenvalue weighted by Gasteiger charge is -2.28. The summed E-state index contributed by atoms with van der Waals surface area (Å²) in [4.78, 5) is 19.9. The van der Waals surface area contributed by atoms with Crippen LogP contribution in [-0.2, 0) is 9.57 Å². The van der Waals surface area contributed by atoms with Gasteiger partial charge in [-0.1, -0.05) is 11.6 Å². The summed E-state index contributed by atoms with van der Waals surface area (Å²) >= 11 is 14.1. The van der Waals surface area contributed by atoms with Crippen LogP contribution in [0.1, 0.15) is 10.4 Å². The van der Waals surface area contributed by atoms with E-state index in [9.17, 15) is 18.7 Å². The van der Waals surface area contributed by atoms with Crippen LogP contribution in [0.15, 0.2) is 30.3 Å². The first-order valence-electron chi connectivity index (χ1n) is 9.57. The SMILES string of the molecule is O=C(c1ccc(F)c(F)c1Nc1ccc(I)cc1Cl)N(Cl)OCC(O)CN1CCOCC1. The fourth-order valence-electron chi connectivity index (χ4n) is 3.02. The van der Waals surface area contributed by atoms with Crippen molar-refractivity contribution in [2.75, 3.05) is 44.8 Å². The van der Waals surface area contributed by atoms with Gasteiger partial charge in [0.25, 0.3) is 5.91 Å². The first kappa shape index (κ1) is 25.3. The van der Waals surface area contributed by atoms with Gasteiger partial charge in [-0.3, -0.25) is 14.5 Å². The molecule has 1 atom stereocenters. The van der Waals surface area contributed by atoms with Gasteiger partial charge in [0.2, 0.25) is 0 Å². The largest absolute Gasteiger partial charge is 0.389 e. The average molecular weight is 602 g/mol. The Balaban J connectivity index is 1.70. The number of aliphatic hydroxyl groups is 1. The van der Waals surface area contributed by atoms with Crippen molar-refractivity contribution in [3.63, 3.8) is 0 Å². The van der Waals surface area contributed by atoms with E-state index < -0.39 is 29.3 Å². The number of hydrogen-bond acceptors (Lipinski definition) is 6. The predicted molar refractivity (Wildman–Crippen MR) is 125 cm³/mol. The number of hydroxylamine groups is 1. The Kier molecular flexibility index (Phi) is 9.29. The van der Waals surface area contributed by atoms with Crippen molar-refractivity contribution in [2.24, 2.45) is 0 Å². The number of benzene rings is 2. The number of rotatable bonds is 8. The summed E-state index contributed by atoms with van der Waals surface area (Å²) in [6.45, 7) is 2.53. The maximum absolute atomic E-state index is 14.6. The van der Waals surface area contributed by atoms with Crippen molar-refractivity contribution < 1.29 is 28.3 Å². The van der Waals surface area contributed by atoms with Gasteiger partial charge in [-0.05, 0) is 52.9 Å². The Hall–Kier alpha value is -1.28. The van der Waals surface area contributed by atoms with Crippen molar-refractivity contribution in [1.29, 1.82) is 0 Å². The number of hydrogen-bond donors (Lipinski definition) is 2. The van der Waals surface area contributed by atoms with E-state index >= 15 is 0 Å². The van der Waals surface area contributed by atoms with Crippen LogP contribution in [0.2, 0.25) is 5.02 Å². The number of carbonyl (C=O) groups excluding carboxylic acids is 1. The Bertz CT molecular complexity index is 967. The molecule has 1 fully saturated rings. The van der Waals surface area contributed by atoms with Gasteiger partial charge in [0.1, 0.15) is 6.61 Å². The molecule has 3 rings (SSSR count). The molecule has 1 unspecified atom stereocenters. The second-order valence-electron chi connectivity index (χ2n) is 6.95. The molecule has 1 aliphatic rings. The molecule has 2 aromatic carbocycles. The van der Waals surface area contributed by atoms with E-state index in [2.05, 4.69) is 27.9 Å². The van der Waals surface area contributed by atoms with Gasteiger partial charge in [0, 0.05) is 35.0 Å². The van der Waals surface area contributed by atoms with E-state index in [0.717, 1.165) is 15.7 Å². The fourth-order valence-corrected chi connectivity index (χ4v) is 4.07. The minimum Gasteiger partial charge on any atom is -0.389 e. The fraction of sp³-hybridized carbons (Fsp3) is 0.350. The maximum atomic E-state index is 14.6. The first-order chi connectivity index (χ1) is 15.3. The van der Waals surface area contributed by atoms with E-state index in [0.29, 0.717) is 37.4 Å². The number of aliphatic hydroxyl groups excluding tert-OH is 1. The highest BCUT2D eigenvalue weighted by Gasteiger charge is 2.25. The van der Waals surface area contributed by atoms with Crippen LogP contribution in [0.5, 0.6) is 0 Å². The summed E-state index contributed by atoms with van der Waals surface area (Å²) in [7, 11) is 0. The van der Waals surface area contributed by atoms with Gasteiger partial charge in [-0.15, -0.1) is 4.58 Å². The smallest absolute Gasteiger partial charge is 0.295 e. The molecule has 0 aromatic heterocycles. The number of nitrogens with one attached hydrogen (secondary N) is 1.